The van der Waals surface area contributed by atoms with E-state index in [9.17, 15) is 0 Å². The predicted molar refractivity (Wildman–Crippen MR) is 85.0 cm³/mol. The summed E-state index contributed by atoms with van der Waals surface area (Å²) in [5.41, 5.74) is 8.15. The maximum Gasteiger partial charge on any atom is 0.209 e. The summed E-state index contributed by atoms with van der Waals surface area (Å²) in [6, 6.07) is 6.30. The van der Waals surface area contributed by atoms with Crippen LogP contribution >= 0.6 is 0 Å². The minimum atomic E-state index is 0.680. The summed E-state index contributed by atoms with van der Waals surface area (Å²) in [4.78, 5) is 9.51. The van der Waals surface area contributed by atoms with Crippen LogP contribution in [0.4, 0.5) is 5.69 Å². The molecule has 1 aromatic heterocycles. The number of oxazole rings is 1. The quantitative estimate of drug-likeness (QED) is 0.875. The number of anilines is 1. The Labute approximate surface area is 125 Å². The summed E-state index contributed by atoms with van der Waals surface area (Å²) in [7, 11) is 0. The second-order valence-corrected chi connectivity index (χ2v) is 5.90. The van der Waals surface area contributed by atoms with E-state index >= 15 is 0 Å². The zero-order valence-electron chi connectivity index (χ0n) is 12.9. The van der Waals surface area contributed by atoms with Gasteiger partial charge in [-0.2, -0.15) is 0 Å². The molecule has 1 saturated heterocycles. The van der Waals surface area contributed by atoms with Gasteiger partial charge in [-0.3, -0.25) is 9.80 Å². The van der Waals surface area contributed by atoms with Gasteiger partial charge in [0, 0.05) is 44.0 Å². The fraction of sp³-hybridized carbons (Fsp3) is 0.562. The van der Waals surface area contributed by atoms with E-state index in [-0.39, 0.29) is 0 Å². The number of nitrogens with two attached hydrogens (primary N) is 1. The van der Waals surface area contributed by atoms with Crippen molar-refractivity contribution in [3.63, 3.8) is 0 Å². The van der Waals surface area contributed by atoms with Gasteiger partial charge in [-0.05, 0) is 25.5 Å². The molecule has 3 rings (SSSR count). The molecule has 1 aromatic carbocycles. The third kappa shape index (κ3) is 3.19. The minimum Gasteiger partial charge on any atom is -0.439 e. The highest BCUT2D eigenvalue weighted by Gasteiger charge is 2.21. The van der Waals surface area contributed by atoms with Crippen molar-refractivity contribution in [3.05, 3.63) is 24.1 Å². The first-order valence-electron chi connectivity index (χ1n) is 7.77. The maximum atomic E-state index is 5.80. The molecule has 5 heteroatoms. The number of piperazine rings is 1. The van der Waals surface area contributed by atoms with Gasteiger partial charge in [0.25, 0.3) is 0 Å². The average Bonchev–Trinajstić information content (AvgIpc) is 2.88. The molecule has 0 saturated carbocycles. The van der Waals surface area contributed by atoms with Gasteiger partial charge < -0.3 is 10.2 Å². The van der Waals surface area contributed by atoms with Crippen LogP contribution in [0.1, 0.15) is 26.2 Å². The molecular weight excluding hydrogens is 264 g/mol. The number of nitrogens with zero attached hydrogens (tertiary/aromatic N) is 3. The van der Waals surface area contributed by atoms with Crippen molar-refractivity contribution in [2.24, 2.45) is 0 Å². The molecule has 1 fully saturated rings. The first kappa shape index (κ1) is 14.4. The van der Waals surface area contributed by atoms with Gasteiger partial charge >= 0.3 is 0 Å². The first-order chi connectivity index (χ1) is 10.2. The summed E-state index contributed by atoms with van der Waals surface area (Å²) < 4.78 is 5.80. The van der Waals surface area contributed by atoms with Crippen LogP contribution in [-0.4, -0.2) is 47.0 Å². The van der Waals surface area contributed by atoms with Crippen LogP contribution in [0.3, 0.4) is 0 Å². The highest BCUT2D eigenvalue weighted by atomic mass is 16.3. The molecule has 1 atom stereocenters. The molecule has 2 N–H and O–H groups in total. The molecule has 5 nitrogen and oxygen atoms in total. The van der Waals surface area contributed by atoms with Crippen LogP contribution in [0.25, 0.3) is 11.1 Å². The van der Waals surface area contributed by atoms with Crippen molar-refractivity contribution in [3.8, 4) is 0 Å². The van der Waals surface area contributed by atoms with E-state index in [1.165, 1.54) is 6.42 Å². The fourth-order valence-electron chi connectivity index (χ4n) is 2.87. The number of nitrogen functional groups attached to an aromatic ring is 1. The number of aromatic nitrogens is 1. The van der Waals surface area contributed by atoms with Crippen LogP contribution in [0.15, 0.2) is 22.6 Å². The lowest BCUT2D eigenvalue weighted by Gasteiger charge is -2.37. The third-order valence-corrected chi connectivity index (χ3v) is 4.44. The Balaban J connectivity index is 1.61. The van der Waals surface area contributed by atoms with E-state index in [0.29, 0.717) is 11.7 Å². The Morgan fingerprint density at radius 2 is 2.05 bits per heavy atom. The van der Waals surface area contributed by atoms with Crippen molar-refractivity contribution in [2.75, 3.05) is 31.9 Å². The van der Waals surface area contributed by atoms with E-state index < -0.39 is 0 Å². The zero-order valence-corrected chi connectivity index (χ0v) is 12.9. The number of rotatable bonds is 4. The molecule has 0 bridgehead atoms. The van der Waals surface area contributed by atoms with Crippen LogP contribution in [-0.2, 0) is 6.54 Å². The van der Waals surface area contributed by atoms with Crippen molar-refractivity contribution in [2.45, 2.75) is 32.9 Å². The molecule has 2 aromatic rings. The predicted octanol–water partition coefficient (Wildman–Crippen LogP) is 2.33. The monoisotopic (exact) mass is 288 g/mol. The molecule has 1 unspecified atom stereocenters. The Morgan fingerprint density at radius 1 is 1.29 bits per heavy atom. The number of hydrogen-bond acceptors (Lipinski definition) is 5. The fourth-order valence-corrected chi connectivity index (χ4v) is 2.87. The summed E-state index contributed by atoms with van der Waals surface area (Å²) >= 11 is 0. The van der Waals surface area contributed by atoms with E-state index in [0.717, 1.165) is 49.7 Å². The van der Waals surface area contributed by atoms with Crippen LogP contribution < -0.4 is 5.73 Å². The summed E-state index contributed by atoms with van der Waals surface area (Å²) in [6.07, 6.45) is 1.21. The Kier molecular flexibility index (Phi) is 4.12. The van der Waals surface area contributed by atoms with Gasteiger partial charge in [0.1, 0.15) is 5.52 Å². The van der Waals surface area contributed by atoms with Crippen LogP contribution in [0.2, 0.25) is 0 Å². The van der Waals surface area contributed by atoms with Crippen molar-refractivity contribution in [1.29, 1.82) is 0 Å². The average molecular weight is 288 g/mol. The van der Waals surface area contributed by atoms with Gasteiger partial charge in [0.15, 0.2) is 5.58 Å². The summed E-state index contributed by atoms with van der Waals surface area (Å²) in [5.74, 6) is 0.785. The number of hydrogen-bond donors (Lipinski definition) is 1. The minimum absolute atomic E-state index is 0.680. The molecular formula is C16H24N4O. The molecule has 0 radical (unpaired) electrons. The van der Waals surface area contributed by atoms with Gasteiger partial charge in [-0.1, -0.05) is 6.92 Å². The van der Waals surface area contributed by atoms with E-state index in [4.69, 9.17) is 10.2 Å². The zero-order chi connectivity index (χ0) is 14.8. The SMILES string of the molecule is CCC(C)N1CCN(Cc2nc3ccc(N)cc3o2)CC1. The Morgan fingerprint density at radius 3 is 2.76 bits per heavy atom. The molecule has 0 aliphatic carbocycles. The summed E-state index contributed by atoms with van der Waals surface area (Å²) in [5, 5.41) is 0. The second kappa shape index (κ2) is 6.03. The van der Waals surface area contributed by atoms with E-state index in [1.54, 1.807) is 0 Å². The van der Waals surface area contributed by atoms with Crippen molar-refractivity contribution >= 4 is 16.8 Å². The van der Waals surface area contributed by atoms with Gasteiger partial charge in [-0.25, -0.2) is 4.98 Å². The standard InChI is InChI=1S/C16H24N4O/c1-3-12(2)20-8-6-19(7-9-20)11-16-18-14-5-4-13(17)10-15(14)21-16/h4-5,10,12H,3,6-9,11,17H2,1-2H3. The van der Waals surface area contributed by atoms with E-state index in [2.05, 4.69) is 28.6 Å². The van der Waals surface area contributed by atoms with Gasteiger partial charge in [0.05, 0.1) is 6.54 Å². The highest BCUT2D eigenvalue weighted by molar-refractivity contribution is 5.76. The third-order valence-electron chi connectivity index (χ3n) is 4.44. The van der Waals surface area contributed by atoms with Crippen LogP contribution in [0.5, 0.6) is 0 Å². The molecule has 2 heterocycles. The smallest absolute Gasteiger partial charge is 0.209 e. The largest absolute Gasteiger partial charge is 0.439 e. The topological polar surface area (TPSA) is 58.5 Å². The molecule has 114 valence electrons. The summed E-state index contributed by atoms with van der Waals surface area (Å²) in [6.45, 7) is 9.74. The van der Waals surface area contributed by atoms with Gasteiger partial charge in [-0.15, -0.1) is 0 Å². The maximum absolute atomic E-state index is 5.80. The van der Waals surface area contributed by atoms with Gasteiger partial charge in [0.2, 0.25) is 5.89 Å². The van der Waals surface area contributed by atoms with Crippen LogP contribution in [0, 0.1) is 0 Å². The normalized spacial score (nSPS) is 19.1. The van der Waals surface area contributed by atoms with Crippen molar-refractivity contribution in [1.82, 2.24) is 14.8 Å². The lowest BCUT2D eigenvalue weighted by Crippen LogP contribution is -2.49. The lowest BCUT2D eigenvalue weighted by atomic mass is 10.2. The molecule has 21 heavy (non-hydrogen) atoms. The van der Waals surface area contributed by atoms with E-state index in [1.807, 2.05) is 18.2 Å². The lowest BCUT2D eigenvalue weighted by molar-refractivity contribution is 0.0912. The first-order valence-corrected chi connectivity index (χ1v) is 7.77. The molecule has 1 aliphatic rings. The highest BCUT2D eigenvalue weighted by Crippen LogP contribution is 2.20. The molecule has 1 aliphatic heterocycles. The number of fused-ring (bicyclic) bond motifs is 1. The number of benzene rings is 1. The second-order valence-electron chi connectivity index (χ2n) is 5.90. The Hall–Kier alpha value is -1.59. The Bertz CT molecular complexity index is 601. The van der Waals surface area contributed by atoms with Crippen molar-refractivity contribution < 1.29 is 4.42 Å². The molecule has 0 spiro atoms. The molecule has 0 amide bonds.